The largest absolute Gasteiger partial charge is 0.311 e. The van der Waals surface area contributed by atoms with Crippen molar-refractivity contribution in [2.75, 3.05) is 5.32 Å². The maximum Gasteiger partial charge on any atom is 0.222 e. The molecule has 2 rings (SSSR count). The van der Waals surface area contributed by atoms with E-state index in [0.29, 0.717) is 5.82 Å². The van der Waals surface area contributed by atoms with Crippen molar-refractivity contribution in [2.24, 2.45) is 0 Å². The van der Waals surface area contributed by atoms with Crippen LogP contribution in [0.1, 0.15) is 39.0 Å². The van der Waals surface area contributed by atoms with Crippen LogP contribution in [0.5, 0.6) is 0 Å². The van der Waals surface area contributed by atoms with E-state index in [-0.39, 0.29) is 11.3 Å². The number of amides is 1. The molecule has 1 N–H and O–H groups in total. The van der Waals surface area contributed by atoms with Crippen LogP contribution >= 0.6 is 0 Å². The predicted octanol–water partition coefficient (Wildman–Crippen LogP) is 3.44. The number of aromatic nitrogens is 2. The molecule has 1 aromatic heterocycles. The van der Waals surface area contributed by atoms with Crippen LogP contribution in [-0.4, -0.2) is 15.7 Å². The van der Waals surface area contributed by atoms with Gasteiger partial charge in [0.25, 0.3) is 0 Å². The van der Waals surface area contributed by atoms with E-state index in [4.69, 9.17) is 0 Å². The Hall–Kier alpha value is -2.10. The van der Waals surface area contributed by atoms with Crippen LogP contribution in [0.15, 0.2) is 30.3 Å². The first kappa shape index (κ1) is 14.3. The molecule has 1 aromatic carbocycles. The zero-order valence-electron chi connectivity index (χ0n) is 12.7. The molecule has 0 aliphatic heterocycles. The average molecular weight is 271 g/mol. The Bertz CT molecular complexity index is 618. The van der Waals surface area contributed by atoms with Gasteiger partial charge in [0, 0.05) is 18.4 Å². The topological polar surface area (TPSA) is 46.9 Å². The number of hydrogen-bond acceptors (Lipinski definition) is 2. The van der Waals surface area contributed by atoms with Crippen molar-refractivity contribution in [1.82, 2.24) is 9.78 Å². The summed E-state index contributed by atoms with van der Waals surface area (Å²) in [5.41, 5.74) is 3.01. The maximum absolute atomic E-state index is 11.4. The summed E-state index contributed by atoms with van der Waals surface area (Å²) in [6, 6.07) is 10.00. The molecule has 2 aromatic rings. The second-order valence-corrected chi connectivity index (χ2v) is 6.09. The van der Waals surface area contributed by atoms with Crippen LogP contribution in [0, 0.1) is 6.92 Å². The highest BCUT2D eigenvalue weighted by Gasteiger charge is 2.20. The Balaban J connectivity index is 2.52. The molecule has 1 heterocycles. The van der Waals surface area contributed by atoms with E-state index in [9.17, 15) is 4.79 Å². The fourth-order valence-electron chi connectivity index (χ4n) is 1.90. The molecular formula is C16H21N3O. The summed E-state index contributed by atoms with van der Waals surface area (Å²) in [4.78, 5) is 11.4. The average Bonchev–Trinajstić information content (AvgIpc) is 2.73. The predicted molar refractivity (Wildman–Crippen MR) is 81.3 cm³/mol. The van der Waals surface area contributed by atoms with Gasteiger partial charge in [0.15, 0.2) is 0 Å². The third-order valence-corrected chi connectivity index (χ3v) is 3.06. The highest BCUT2D eigenvalue weighted by Crippen LogP contribution is 2.26. The van der Waals surface area contributed by atoms with Gasteiger partial charge in [0.05, 0.1) is 11.4 Å². The molecule has 0 aliphatic rings. The number of nitrogens with one attached hydrogen (secondary N) is 1. The van der Waals surface area contributed by atoms with E-state index >= 15 is 0 Å². The van der Waals surface area contributed by atoms with E-state index in [1.54, 1.807) is 4.68 Å². The minimum absolute atomic E-state index is 0.0663. The first-order valence-corrected chi connectivity index (χ1v) is 6.72. The van der Waals surface area contributed by atoms with E-state index in [1.807, 2.05) is 37.3 Å². The zero-order valence-corrected chi connectivity index (χ0v) is 12.7. The number of nitrogens with zero attached hydrogens (tertiary/aromatic N) is 2. The monoisotopic (exact) mass is 271 g/mol. The van der Waals surface area contributed by atoms with Crippen molar-refractivity contribution in [2.45, 2.75) is 40.0 Å². The first-order chi connectivity index (χ1) is 9.27. The standard InChI is InChI=1S/C16H21N3O/c1-11-6-8-13(9-7-11)19-15(17-12(2)20)10-14(18-19)16(3,4)5/h6-10H,1-5H3,(H,17,20). The Kier molecular flexibility index (Phi) is 3.66. The van der Waals surface area contributed by atoms with E-state index in [2.05, 4.69) is 31.2 Å². The molecule has 4 nitrogen and oxygen atoms in total. The van der Waals surface area contributed by atoms with Crippen molar-refractivity contribution in [1.29, 1.82) is 0 Å². The third-order valence-electron chi connectivity index (χ3n) is 3.06. The van der Waals surface area contributed by atoms with Gasteiger partial charge in [0.2, 0.25) is 5.91 Å². The van der Waals surface area contributed by atoms with Crippen molar-refractivity contribution < 1.29 is 4.79 Å². The molecule has 0 saturated carbocycles. The van der Waals surface area contributed by atoms with E-state index in [1.165, 1.54) is 12.5 Å². The lowest BCUT2D eigenvalue weighted by Crippen LogP contribution is -2.13. The Labute approximate surface area is 119 Å². The van der Waals surface area contributed by atoms with Crippen molar-refractivity contribution in [3.8, 4) is 5.69 Å². The number of carbonyl (C=O) groups excluding carboxylic acids is 1. The summed E-state index contributed by atoms with van der Waals surface area (Å²) in [5, 5.41) is 7.48. The Morgan fingerprint density at radius 2 is 1.80 bits per heavy atom. The van der Waals surface area contributed by atoms with Crippen molar-refractivity contribution in [3.63, 3.8) is 0 Å². The fourth-order valence-corrected chi connectivity index (χ4v) is 1.90. The number of hydrogen-bond donors (Lipinski definition) is 1. The molecule has 0 unspecified atom stereocenters. The smallest absolute Gasteiger partial charge is 0.222 e. The number of anilines is 1. The lowest BCUT2D eigenvalue weighted by molar-refractivity contribution is -0.114. The second kappa shape index (κ2) is 5.12. The molecule has 0 aliphatic carbocycles. The lowest BCUT2D eigenvalue weighted by Gasteiger charge is -2.14. The summed E-state index contributed by atoms with van der Waals surface area (Å²) in [5.74, 6) is 0.602. The molecule has 106 valence electrons. The van der Waals surface area contributed by atoms with Crippen LogP contribution < -0.4 is 5.32 Å². The SMILES string of the molecule is CC(=O)Nc1cc(C(C)(C)C)nn1-c1ccc(C)cc1. The molecule has 0 fully saturated rings. The minimum atomic E-state index is -0.0984. The van der Waals surface area contributed by atoms with Crippen LogP contribution in [0.4, 0.5) is 5.82 Å². The Morgan fingerprint density at radius 3 is 2.30 bits per heavy atom. The molecule has 1 amide bonds. The summed E-state index contributed by atoms with van der Waals surface area (Å²) in [6.45, 7) is 9.86. The van der Waals surface area contributed by atoms with Crippen molar-refractivity contribution >= 4 is 11.7 Å². The molecule has 4 heteroatoms. The van der Waals surface area contributed by atoms with Gasteiger partial charge in [-0.2, -0.15) is 5.10 Å². The van der Waals surface area contributed by atoms with Gasteiger partial charge in [-0.3, -0.25) is 4.79 Å². The zero-order chi connectivity index (χ0) is 14.9. The normalized spacial score (nSPS) is 11.4. The first-order valence-electron chi connectivity index (χ1n) is 6.72. The van der Waals surface area contributed by atoms with Gasteiger partial charge in [0.1, 0.15) is 5.82 Å². The van der Waals surface area contributed by atoms with E-state index in [0.717, 1.165) is 11.4 Å². The molecule has 0 spiro atoms. The van der Waals surface area contributed by atoms with Crippen LogP contribution in [0.25, 0.3) is 5.69 Å². The quantitative estimate of drug-likeness (QED) is 0.909. The van der Waals surface area contributed by atoms with Crippen LogP contribution in [-0.2, 0) is 10.2 Å². The molecule has 0 radical (unpaired) electrons. The molecule has 0 saturated heterocycles. The molecule has 20 heavy (non-hydrogen) atoms. The van der Waals surface area contributed by atoms with Gasteiger partial charge < -0.3 is 5.32 Å². The van der Waals surface area contributed by atoms with Gasteiger partial charge in [-0.25, -0.2) is 4.68 Å². The van der Waals surface area contributed by atoms with Gasteiger partial charge in [-0.1, -0.05) is 38.5 Å². The molecule has 0 bridgehead atoms. The number of aryl methyl sites for hydroxylation is 1. The summed E-state index contributed by atoms with van der Waals surface area (Å²) in [6.07, 6.45) is 0. The highest BCUT2D eigenvalue weighted by molar-refractivity contribution is 5.88. The molecule has 0 atom stereocenters. The van der Waals surface area contributed by atoms with Gasteiger partial charge in [-0.15, -0.1) is 0 Å². The molecular weight excluding hydrogens is 250 g/mol. The van der Waals surface area contributed by atoms with Crippen molar-refractivity contribution in [3.05, 3.63) is 41.6 Å². The number of benzene rings is 1. The number of carbonyl (C=O) groups is 1. The van der Waals surface area contributed by atoms with Gasteiger partial charge in [-0.05, 0) is 19.1 Å². The van der Waals surface area contributed by atoms with Gasteiger partial charge >= 0.3 is 0 Å². The Morgan fingerprint density at radius 1 is 1.20 bits per heavy atom. The van der Waals surface area contributed by atoms with E-state index < -0.39 is 0 Å². The summed E-state index contributed by atoms with van der Waals surface area (Å²) >= 11 is 0. The third kappa shape index (κ3) is 3.07. The highest BCUT2D eigenvalue weighted by atomic mass is 16.1. The summed E-state index contributed by atoms with van der Waals surface area (Å²) in [7, 11) is 0. The van der Waals surface area contributed by atoms with Crippen LogP contribution in [0.2, 0.25) is 0 Å². The maximum atomic E-state index is 11.4. The number of rotatable bonds is 2. The fraction of sp³-hybridized carbons (Fsp3) is 0.375. The second-order valence-electron chi connectivity index (χ2n) is 6.09. The summed E-state index contributed by atoms with van der Waals surface area (Å²) < 4.78 is 1.78. The minimum Gasteiger partial charge on any atom is -0.311 e. The van der Waals surface area contributed by atoms with Crippen LogP contribution in [0.3, 0.4) is 0 Å². The lowest BCUT2D eigenvalue weighted by atomic mass is 9.92.